The Morgan fingerprint density at radius 2 is 2.00 bits per heavy atom. The average Bonchev–Trinajstić information content (AvgIpc) is 2.36. The lowest BCUT2D eigenvalue weighted by Crippen LogP contribution is -2.17. The van der Waals surface area contributed by atoms with E-state index in [4.69, 9.17) is 9.47 Å². The van der Waals surface area contributed by atoms with E-state index in [1.807, 2.05) is 30.3 Å². The molecule has 1 N–H and O–H groups in total. The largest absolute Gasteiger partial charge is 0.391 e. The van der Waals surface area contributed by atoms with Crippen LogP contribution in [0.1, 0.15) is 12.0 Å². The molecule has 0 spiro atoms. The monoisotopic (exact) mass is 236 g/mol. The summed E-state index contributed by atoms with van der Waals surface area (Å²) in [5.41, 5.74) is 1.11. The van der Waals surface area contributed by atoms with Crippen LogP contribution >= 0.6 is 0 Å². The summed E-state index contributed by atoms with van der Waals surface area (Å²) in [7, 11) is 0. The zero-order valence-electron chi connectivity index (χ0n) is 10.0. The molecule has 1 atom stereocenters. The number of aliphatic hydroxyl groups is 1. The summed E-state index contributed by atoms with van der Waals surface area (Å²) in [6, 6.07) is 9.91. The van der Waals surface area contributed by atoms with E-state index in [1.165, 1.54) is 0 Å². The summed E-state index contributed by atoms with van der Waals surface area (Å²) in [5, 5.41) is 9.60. The van der Waals surface area contributed by atoms with E-state index < -0.39 is 6.10 Å². The van der Waals surface area contributed by atoms with Crippen molar-refractivity contribution in [1.29, 1.82) is 0 Å². The maximum Gasteiger partial charge on any atom is 0.0795 e. The van der Waals surface area contributed by atoms with E-state index in [2.05, 4.69) is 6.58 Å². The van der Waals surface area contributed by atoms with Crippen LogP contribution in [-0.2, 0) is 16.1 Å². The van der Waals surface area contributed by atoms with Crippen LogP contribution in [0.5, 0.6) is 0 Å². The Morgan fingerprint density at radius 3 is 2.71 bits per heavy atom. The number of rotatable bonds is 9. The van der Waals surface area contributed by atoms with Gasteiger partial charge in [0.2, 0.25) is 0 Å². The highest BCUT2D eigenvalue weighted by atomic mass is 16.5. The van der Waals surface area contributed by atoms with Gasteiger partial charge >= 0.3 is 0 Å². The average molecular weight is 236 g/mol. The van der Waals surface area contributed by atoms with E-state index >= 15 is 0 Å². The molecule has 0 aliphatic carbocycles. The maximum absolute atomic E-state index is 9.60. The Labute approximate surface area is 103 Å². The van der Waals surface area contributed by atoms with Crippen LogP contribution in [0.4, 0.5) is 0 Å². The number of ether oxygens (including phenoxy) is 2. The number of hydrogen-bond acceptors (Lipinski definition) is 3. The van der Waals surface area contributed by atoms with Crippen LogP contribution in [-0.4, -0.2) is 31.0 Å². The minimum atomic E-state index is -0.469. The summed E-state index contributed by atoms with van der Waals surface area (Å²) in [4.78, 5) is 0. The molecule has 3 nitrogen and oxygen atoms in total. The second-order valence-electron chi connectivity index (χ2n) is 3.81. The van der Waals surface area contributed by atoms with Crippen LogP contribution in [0.15, 0.2) is 43.0 Å². The number of hydrogen-bond donors (Lipinski definition) is 1. The van der Waals surface area contributed by atoms with Crippen molar-refractivity contribution in [3.05, 3.63) is 48.6 Å². The second-order valence-corrected chi connectivity index (χ2v) is 3.81. The molecule has 17 heavy (non-hydrogen) atoms. The summed E-state index contributed by atoms with van der Waals surface area (Å²) in [6.07, 6.45) is 1.81. The number of aliphatic hydroxyl groups excluding tert-OH is 1. The van der Waals surface area contributed by atoms with Crippen molar-refractivity contribution in [3.8, 4) is 0 Å². The van der Waals surface area contributed by atoms with E-state index in [-0.39, 0.29) is 0 Å². The van der Waals surface area contributed by atoms with Gasteiger partial charge in [0.15, 0.2) is 0 Å². The fraction of sp³-hybridized carbons (Fsp3) is 0.429. The Kier molecular flexibility index (Phi) is 7.30. The van der Waals surface area contributed by atoms with Crippen molar-refractivity contribution < 1.29 is 14.6 Å². The van der Waals surface area contributed by atoms with Crippen LogP contribution in [0.25, 0.3) is 0 Å². The first kappa shape index (κ1) is 13.9. The minimum absolute atomic E-state index is 0.340. The first-order chi connectivity index (χ1) is 8.33. The Morgan fingerprint density at radius 1 is 1.24 bits per heavy atom. The van der Waals surface area contributed by atoms with Crippen LogP contribution in [0, 0.1) is 0 Å². The zero-order chi connectivity index (χ0) is 12.3. The quantitative estimate of drug-likeness (QED) is 0.527. The lowest BCUT2D eigenvalue weighted by atomic mass is 10.2. The highest BCUT2D eigenvalue weighted by Gasteiger charge is 2.04. The predicted molar refractivity (Wildman–Crippen MR) is 67.7 cm³/mol. The summed E-state index contributed by atoms with van der Waals surface area (Å²) >= 11 is 0. The van der Waals surface area contributed by atoms with Crippen molar-refractivity contribution >= 4 is 0 Å². The van der Waals surface area contributed by atoms with E-state index in [0.717, 1.165) is 5.56 Å². The predicted octanol–water partition coefficient (Wildman–Crippen LogP) is 2.16. The standard InChI is InChI=1S/C14H20O3/c1-2-9-16-10-8-14(15)12-17-11-13-6-4-3-5-7-13/h2-7,14-15H,1,8-12H2. The van der Waals surface area contributed by atoms with Gasteiger partial charge in [-0.3, -0.25) is 0 Å². The van der Waals surface area contributed by atoms with Gasteiger partial charge in [0.25, 0.3) is 0 Å². The van der Waals surface area contributed by atoms with Gasteiger partial charge in [-0.05, 0) is 12.0 Å². The van der Waals surface area contributed by atoms with Gasteiger partial charge in [-0.1, -0.05) is 36.4 Å². The summed E-state index contributed by atoms with van der Waals surface area (Å²) in [6.45, 7) is 5.48. The molecule has 0 saturated heterocycles. The van der Waals surface area contributed by atoms with E-state index in [0.29, 0.717) is 32.8 Å². The molecule has 0 aliphatic rings. The van der Waals surface area contributed by atoms with Gasteiger partial charge in [0.1, 0.15) is 0 Å². The van der Waals surface area contributed by atoms with Crippen molar-refractivity contribution in [2.75, 3.05) is 19.8 Å². The van der Waals surface area contributed by atoms with Crippen LogP contribution in [0.3, 0.4) is 0 Å². The van der Waals surface area contributed by atoms with Gasteiger partial charge in [-0.25, -0.2) is 0 Å². The molecule has 0 saturated carbocycles. The topological polar surface area (TPSA) is 38.7 Å². The lowest BCUT2D eigenvalue weighted by Gasteiger charge is -2.11. The van der Waals surface area contributed by atoms with Gasteiger partial charge in [-0.15, -0.1) is 6.58 Å². The second kappa shape index (κ2) is 8.93. The fourth-order valence-corrected chi connectivity index (χ4v) is 1.36. The molecule has 0 aromatic heterocycles. The van der Waals surface area contributed by atoms with Crippen LogP contribution < -0.4 is 0 Å². The molecule has 0 radical (unpaired) electrons. The first-order valence-electron chi connectivity index (χ1n) is 5.81. The molecule has 1 aromatic carbocycles. The Bertz CT molecular complexity index is 298. The molecule has 0 bridgehead atoms. The molecule has 1 unspecified atom stereocenters. The zero-order valence-corrected chi connectivity index (χ0v) is 10.0. The van der Waals surface area contributed by atoms with Crippen molar-refractivity contribution in [2.24, 2.45) is 0 Å². The smallest absolute Gasteiger partial charge is 0.0795 e. The van der Waals surface area contributed by atoms with E-state index in [1.54, 1.807) is 6.08 Å². The molecule has 94 valence electrons. The molecule has 0 fully saturated rings. The number of benzene rings is 1. The van der Waals surface area contributed by atoms with Crippen LogP contribution in [0.2, 0.25) is 0 Å². The molecular formula is C14H20O3. The van der Waals surface area contributed by atoms with Crippen molar-refractivity contribution in [3.63, 3.8) is 0 Å². The third kappa shape index (κ3) is 6.89. The molecule has 0 aliphatic heterocycles. The minimum Gasteiger partial charge on any atom is -0.391 e. The highest BCUT2D eigenvalue weighted by Crippen LogP contribution is 2.02. The Balaban J connectivity index is 2.04. The molecule has 3 heteroatoms. The van der Waals surface area contributed by atoms with Gasteiger partial charge in [0.05, 0.1) is 25.9 Å². The third-order valence-corrected chi connectivity index (χ3v) is 2.25. The summed E-state index contributed by atoms with van der Waals surface area (Å²) in [5.74, 6) is 0. The lowest BCUT2D eigenvalue weighted by molar-refractivity contribution is 0.0100. The van der Waals surface area contributed by atoms with Crippen molar-refractivity contribution in [2.45, 2.75) is 19.1 Å². The molecule has 0 heterocycles. The molecular weight excluding hydrogens is 216 g/mol. The van der Waals surface area contributed by atoms with Crippen molar-refractivity contribution in [1.82, 2.24) is 0 Å². The Hall–Kier alpha value is -1.16. The van der Waals surface area contributed by atoms with E-state index in [9.17, 15) is 5.11 Å². The highest BCUT2D eigenvalue weighted by molar-refractivity contribution is 5.13. The third-order valence-electron chi connectivity index (χ3n) is 2.25. The maximum atomic E-state index is 9.60. The van der Waals surface area contributed by atoms with Gasteiger partial charge < -0.3 is 14.6 Å². The molecule has 0 amide bonds. The molecule has 1 aromatic rings. The normalized spacial score (nSPS) is 12.3. The first-order valence-corrected chi connectivity index (χ1v) is 5.81. The van der Waals surface area contributed by atoms with Gasteiger partial charge in [-0.2, -0.15) is 0 Å². The summed E-state index contributed by atoms with van der Waals surface area (Å²) < 4.78 is 10.6. The molecule has 1 rings (SSSR count). The fourth-order valence-electron chi connectivity index (χ4n) is 1.36. The SMILES string of the molecule is C=CCOCCC(O)COCc1ccccc1. The van der Waals surface area contributed by atoms with Gasteiger partial charge in [0, 0.05) is 6.61 Å².